The SMILES string of the molecule is CN(C)[C@@H]1C(=O)C(C(N)=O)=C(O)C2(O)C(=O)C3=C(O)c4c(cc(Cl)c(N)c4O)CC3CC12.Cl. The second kappa shape index (κ2) is 7.91. The Morgan fingerprint density at radius 1 is 1.24 bits per heavy atom. The van der Waals surface area contributed by atoms with E-state index in [1.165, 1.54) is 25.1 Å². The highest BCUT2D eigenvalue weighted by Gasteiger charge is 2.64. The van der Waals surface area contributed by atoms with Crippen LogP contribution in [0.15, 0.2) is 23.0 Å². The number of ketones is 2. The molecule has 0 radical (unpaired) electrons. The van der Waals surface area contributed by atoms with E-state index in [4.69, 9.17) is 23.1 Å². The van der Waals surface area contributed by atoms with Crippen LogP contribution in [0.5, 0.6) is 5.75 Å². The first-order valence-electron chi connectivity index (χ1n) is 9.78. The second-order valence-electron chi connectivity index (χ2n) is 8.62. The van der Waals surface area contributed by atoms with Crippen LogP contribution in [0, 0.1) is 11.8 Å². The lowest BCUT2D eigenvalue weighted by atomic mass is 9.57. The number of aromatic hydroxyl groups is 1. The van der Waals surface area contributed by atoms with Gasteiger partial charge in [0.15, 0.2) is 17.1 Å². The zero-order chi connectivity index (χ0) is 23.9. The Morgan fingerprint density at radius 3 is 2.39 bits per heavy atom. The van der Waals surface area contributed by atoms with Gasteiger partial charge in [-0.1, -0.05) is 11.6 Å². The minimum absolute atomic E-state index is 0. The summed E-state index contributed by atoms with van der Waals surface area (Å²) in [6, 6.07) is 0.346. The predicted molar refractivity (Wildman–Crippen MR) is 121 cm³/mol. The van der Waals surface area contributed by atoms with Crippen LogP contribution in [0.4, 0.5) is 5.69 Å². The van der Waals surface area contributed by atoms with E-state index >= 15 is 0 Å². The Balaban J connectivity index is 0.00000306. The van der Waals surface area contributed by atoms with Crippen molar-refractivity contribution in [2.75, 3.05) is 19.8 Å². The van der Waals surface area contributed by atoms with Crippen LogP contribution in [0.2, 0.25) is 5.02 Å². The number of carbonyl (C=O) groups is 3. The molecule has 1 amide bonds. The lowest BCUT2D eigenvalue weighted by molar-refractivity contribution is -0.153. The number of phenolic OH excluding ortho intramolecular Hbond substituents is 1. The van der Waals surface area contributed by atoms with Crippen molar-refractivity contribution in [3.8, 4) is 5.75 Å². The van der Waals surface area contributed by atoms with Crippen molar-refractivity contribution in [3.63, 3.8) is 0 Å². The summed E-state index contributed by atoms with van der Waals surface area (Å²) in [6.45, 7) is 0. The third-order valence-electron chi connectivity index (χ3n) is 6.70. The maximum absolute atomic E-state index is 13.6. The van der Waals surface area contributed by atoms with Gasteiger partial charge in [0.2, 0.25) is 5.78 Å². The van der Waals surface area contributed by atoms with Crippen LogP contribution in [0.3, 0.4) is 0 Å². The third-order valence-corrected chi connectivity index (χ3v) is 7.01. The molecule has 8 N–H and O–H groups in total. The van der Waals surface area contributed by atoms with E-state index in [0.717, 1.165) is 0 Å². The molecule has 10 nitrogen and oxygen atoms in total. The number of nitrogens with two attached hydrogens (primary N) is 2. The molecule has 1 aromatic carbocycles. The molecule has 4 rings (SSSR count). The summed E-state index contributed by atoms with van der Waals surface area (Å²) in [6.07, 6.45) is 0.163. The largest absolute Gasteiger partial charge is 0.508 e. The van der Waals surface area contributed by atoms with Crippen molar-refractivity contribution < 1.29 is 34.8 Å². The van der Waals surface area contributed by atoms with Gasteiger partial charge in [-0.15, -0.1) is 12.4 Å². The van der Waals surface area contributed by atoms with Crippen LogP contribution in [-0.4, -0.2) is 68.5 Å². The fourth-order valence-electron chi connectivity index (χ4n) is 5.28. The van der Waals surface area contributed by atoms with Gasteiger partial charge in [-0.05, 0) is 44.5 Å². The van der Waals surface area contributed by atoms with Crippen molar-refractivity contribution in [3.05, 3.63) is 39.1 Å². The molecule has 3 aliphatic rings. The number of nitrogen functional groups attached to an aromatic ring is 1. The van der Waals surface area contributed by atoms with E-state index < -0.39 is 63.8 Å². The molecule has 12 heteroatoms. The number of aliphatic hydroxyl groups is 3. The van der Waals surface area contributed by atoms with E-state index in [2.05, 4.69) is 0 Å². The number of Topliss-reactive ketones (excluding diaryl/α,β-unsaturated/α-hetero) is 2. The Kier molecular flexibility index (Phi) is 5.96. The summed E-state index contributed by atoms with van der Waals surface area (Å²) in [7, 11) is 3.07. The second-order valence-corrected chi connectivity index (χ2v) is 9.02. The molecule has 33 heavy (non-hydrogen) atoms. The molecule has 178 valence electrons. The molecule has 0 aromatic heterocycles. The molecule has 1 fully saturated rings. The summed E-state index contributed by atoms with van der Waals surface area (Å²) in [5, 5.41) is 43.6. The molecular weight excluding hydrogens is 477 g/mol. The topological polar surface area (TPSA) is 187 Å². The van der Waals surface area contributed by atoms with Crippen molar-refractivity contribution in [1.29, 1.82) is 0 Å². The number of amides is 1. The Morgan fingerprint density at radius 2 is 1.85 bits per heavy atom. The number of hydrogen-bond acceptors (Lipinski definition) is 9. The molecule has 0 aliphatic heterocycles. The zero-order valence-electron chi connectivity index (χ0n) is 17.6. The van der Waals surface area contributed by atoms with Gasteiger partial charge in [-0.3, -0.25) is 19.3 Å². The van der Waals surface area contributed by atoms with E-state index in [-0.39, 0.29) is 47.1 Å². The molecule has 0 spiro atoms. The van der Waals surface area contributed by atoms with Crippen LogP contribution in [0.1, 0.15) is 17.5 Å². The number of halogens is 2. The minimum atomic E-state index is -2.67. The Hall–Kier alpha value is -2.79. The number of benzene rings is 1. The molecule has 0 heterocycles. The first-order chi connectivity index (χ1) is 14.8. The molecule has 3 unspecified atom stereocenters. The molecular formula is C21H23Cl2N3O7. The van der Waals surface area contributed by atoms with Crippen molar-refractivity contribution >= 4 is 52.9 Å². The van der Waals surface area contributed by atoms with Gasteiger partial charge < -0.3 is 31.9 Å². The fraction of sp³-hybridized carbons (Fsp3) is 0.381. The molecule has 1 saturated carbocycles. The van der Waals surface area contributed by atoms with Crippen LogP contribution in [-0.2, 0) is 20.8 Å². The van der Waals surface area contributed by atoms with Crippen molar-refractivity contribution in [1.82, 2.24) is 4.90 Å². The number of phenols is 1. The molecule has 0 saturated heterocycles. The summed E-state index contributed by atoms with van der Waals surface area (Å²) in [5.41, 5.74) is 7.41. The summed E-state index contributed by atoms with van der Waals surface area (Å²) >= 11 is 6.06. The number of likely N-dealkylation sites (N-methyl/N-ethyl adjacent to an activating group) is 1. The number of nitrogens with zero attached hydrogens (tertiary/aromatic N) is 1. The number of primary amides is 1. The Labute approximate surface area is 199 Å². The van der Waals surface area contributed by atoms with E-state index in [1.807, 2.05) is 0 Å². The van der Waals surface area contributed by atoms with Gasteiger partial charge in [0.1, 0.15) is 17.1 Å². The van der Waals surface area contributed by atoms with Crippen molar-refractivity contribution in [2.24, 2.45) is 17.6 Å². The van der Waals surface area contributed by atoms with E-state index in [1.54, 1.807) is 0 Å². The Bertz CT molecular complexity index is 1180. The lowest BCUT2D eigenvalue weighted by Gasteiger charge is -2.50. The molecule has 4 atom stereocenters. The van der Waals surface area contributed by atoms with Gasteiger partial charge >= 0.3 is 0 Å². The number of carbonyl (C=O) groups excluding carboxylic acids is 3. The van der Waals surface area contributed by atoms with Crippen LogP contribution < -0.4 is 11.5 Å². The summed E-state index contributed by atoms with van der Waals surface area (Å²) in [4.78, 5) is 39.9. The molecule has 0 bridgehead atoms. The third kappa shape index (κ3) is 3.12. The maximum atomic E-state index is 13.6. The van der Waals surface area contributed by atoms with E-state index in [0.29, 0.717) is 5.56 Å². The summed E-state index contributed by atoms with van der Waals surface area (Å²) in [5.74, 6) is -7.20. The first-order valence-corrected chi connectivity index (χ1v) is 10.2. The van der Waals surface area contributed by atoms with Gasteiger partial charge in [-0.25, -0.2) is 0 Å². The smallest absolute Gasteiger partial charge is 0.255 e. The highest BCUT2D eigenvalue weighted by Crippen LogP contribution is 2.53. The van der Waals surface area contributed by atoms with Gasteiger partial charge in [0.05, 0.1) is 22.3 Å². The average Bonchev–Trinajstić information content (AvgIpc) is 2.68. The minimum Gasteiger partial charge on any atom is -0.508 e. The number of anilines is 1. The van der Waals surface area contributed by atoms with E-state index in [9.17, 15) is 34.8 Å². The first kappa shape index (κ1) is 24.8. The fourth-order valence-corrected chi connectivity index (χ4v) is 5.50. The standard InChI is InChI=1S/C21H22ClN3O7.ClH/c1-25(2)14-8-4-6-3-7-5-9(22)13(23)16(27)10(7)15(26)11(6)18(29)21(8,32)19(30)12(17(14)28)20(24)31;/h5-6,8,14,26-27,30,32H,3-4,23H2,1-2H3,(H2,24,31);1H/t6?,8?,14-,21?;/m0./s1. The lowest BCUT2D eigenvalue weighted by Crippen LogP contribution is -2.65. The number of rotatable bonds is 2. The zero-order valence-corrected chi connectivity index (χ0v) is 19.2. The summed E-state index contributed by atoms with van der Waals surface area (Å²) < 4.78 is 0. The van der Waals surface area contributed by atoms with Gasteiger partial charge in [0, 0.05) is 11.5 Å². The normalized spacial score (nSPS) is 28.8. The molecule has 3 aliphatic carbocycles. The maximum Gasteiger partial charge on any atom is 0.255 e. The van der Waals surface area contributed by atoms with Crippen molar-refractivity contribution in [2.45, 2.75) is 24.5 Å². The van der Waals surface area contributed by atoms with Gasteiger partial charge in [0.25, 0.3) is 5.91 Å². The number of hydrogen-bond donors (Lipinski definition) is 6. The highest BCUT2D eigenvalue weighted by molar-refractivity contribution is 6.33. The quantitative estimate of drug-likeness (QED) is 0.192. The number of aliphatic hydroxyl groups excluding tert-OH is 2. The predicted octanol–water partition coefficient (Wildman–Crippen LogP) is 0.621. The van der Waals surface area contributed by atoms with Crippen LogP contribution in [0.25, 0.3) is 5.76 Å². The van der Waals surface area contributed by atoms with Crippen LogP contribution >= 0.6 is 24.0 Å². The average molecular weight is 500 g/mol. The molecule has 1 aromatic rings. The van der Waals surface area contributed by atoms with Gasteiger partial charge in [-0.2, -0.15) is 0 Å². The highest BCUT2D eigenvalue weighted by atomic mass is 35.5. The monoisotopic (exact) mass is 499 g/mol. The number of fused-ring (bicyclic) bond motifs is 3.